The molecule has 0 saturated carbocycles. The number of benzene rings is 3. The van der Waals surface area contributed by atoms with Crippen LogP contribution in [0.2, 0.25) is 0 Å². The van der Waals surface area contributed by atoms with Crippen LogP contribution in [0.5, 0.6) is 23.0 Å². The van der Waals surface area contributed by atoms with Crippen LogP contribution in [0.1, 0.15) is 18.1 Å². The largest absolute Gasteiger partial charge is 0.493 e. The van der Waals surface area contributed by atoms with Crippen LogP contribution >= 0.6 is 12.4 Å². The number of nitrogen functional groups attached to an aromatic ring is 2. The standard InChI is InChI=1S/C28H34N6O7S.ClH/c1-18(35)33-21-6-8-22(9-7-21)42(36,37)34(12-14-40-23-10-4-19(27(29)30)16-25(23)38-2)13-15-41-24-11-5-20(28(31)32)17-26(24)39-3;/h4-11,16-17H,12-15H2,1-3H3,(H3,29,30)(H3,31,32)(H,33,35);1H. The van der Waals surface area contributed by atoms with Crippen LogP contribution in [-0.4, -0.2) is 70.8 Å². The van der Waals surface area contributed by atoms with Crippen molar-refractivity contribution in [1.29, 1.82) is 10.8 Å². The summed E-state index contributed by atoms with van der Waals surface area (Å²) < 4.78 is 50.8. The van der Waals surface area contributed by atoms with Gasteiger partial charge in [-0.3, -0.25) is 15.6 Å². The number of methoxy groups -OCH3 is 2. The van der Waals surface area contributed by atoms with E-state index in [0.29, 0.717) is 39.8 Å². The highest BCUT2D eigenvalue weighted by atomic mass is 35.5. The molecular formula is C28H35ClN6O7S. The summed E-state index contributed by atoms with van der Waals surface area (Å²) in [5.41, 5.74) is 12.5. The van der Waals surface area contributed by atoms with Crippen LogP contribution in [-0.2, 0) is 14.8 Å². The van der Waals surface area contributed by atoms with Crippen molar-refractivity contribution in [3.63, 3.8) is 0 Å². The molecule has 0 saturated heterocycles. The lowest BCUT2D eigenvalue weighted by Gasteiger charge is -2.23. The van der Waals surface area contributed by atoms with Crippen molar-refractivity contribution in [1.82, 2.24) is 4.31 Å². The molecule has 0 atom stereocenters. The molecule has 0 bridgehead atoms. The van der Waals surface area contributed by atoms with E-state index in [2.05, 4.69) is 5.32 Å². The van der Waals surface area contributed by atoms with Gasteiger partial charge in [0.05, 0.1) is 19.1 Å². The average molecular weight is 635 g/mol. The van der Waals surface area contributed by atoms with Crippen LogP contribution in [0.3, 0.4) is 0 Å². The summed E-state index contributed by atoms with van der Waals surface area (Å²) in [4.78, 5) is 11.4. The molecule has 1 amide bonds. The van der Waals surface area contributed by atoms with Crippen LogP contribution < -0.4 is 35.7 Å². The van der Waals surface area contributed by atoms with Gasteiger partial charge >= 0.3 is 0 Å². The molecule has 7 N–H and O–H groups in total. The molecule has 0 unspecified atom stereocenters. The quantitative estimate of drug-likeness (QED) is 0.123. The molecule has 3 rings (SSSR count). The number of sulfonamides is 1. The number of nitrogens with zero attached hydrogens (tertiary/aromatic N) is 1. The monoisotopic (exact) mass is 634 g/mol. The average Bonchev–Trinajstić information content (AvgIpc) is 2.96. The number of anilines is 1. The summed E-state index contributed by atoms with van der Waals surface area (Å²) in [6, 6.07) is 15.3. The van der Waals surface area contributed by atoms with Crippen molar-refractivity contribution in [2.75, 3.05) is 45.8 Å². The number of ether oxygens (including phenoxy) is 4. The maximum atomic E-state index is 13.6. The van der Waals surface area contributed by atoms with Crippen molar-refractivity contribution in [2.45, 2.75) is 11.8 Å². The molecule has 0 aromatic heterocycles. The number of nitrogens with two attached hydrogens (primary N) is 2. The number of hydrogen-bond acceptors (Lipinski definition) is 9. The van der Waals surface area contributed by atoms with E-state index in [0.717, 1.165) is 0 Å². The zero-order valence-electron chi connectivity index (χ0n) is 23.9. The highest BCUT2D eigenvalue weighted by Crippen LogP contribution is 2.29. The number of rotatable bonds is 15. The van der Waals surface area contributed by atoms with Gasteiger partial charge in [-0.2, -0.15) is 4.31 Å². The lowest BCUT2D eigenvalue weighted by Crippen LogP contribution is -2.37. The van der Waals surface area contributed by atoms with E-state index >= 15 is 0 Å². The topological polar surface area (TPSA) is 203 Å². The van der Waals surface area contributed by atoms with Gasteiger partial charge in [0.1, 0.15) is 24.9 Å². The third kappa shape index (κ3) is 9.23. The first-order valence-electron chi connectivity index (χ1n) is 12.6. The maximum Gasteiger partial charge on any atom is 0.243 e. The first kappa shape index (κ1) is 34.7. The molecule has 13 nitrogen and oxygen atoms in total. The maximum absolute atomic E-state index is 13.6. The Bertz CT molecular complexity index is 1480. The zero-order chi connectivity index (χ0) is 30.9. The zero-order valence-corrected chi connectivity index (χ0v) is 25.5. The van der Waals surface area contributed by atoms with Crippen LogP contribution in [0.15, 0.2) is 65.6 Å². The molecule has 0 aliphatic heterocycles. The number of amides is 1. The minimum absolute atomic E-state index is 0. The molecule has 3 aromatic carbocycles. The predicted octanol–water partition coefficient (Wildman–Crippen LogP) is 2.80. The Kier molecular flexibility index (Phi) is 12.6. The fraction of sp³-hybridized carbons (Fsp3) is 0.250. The van der Waals surface area contributed by atoms with E-state index in [9.17, 15) is 13.2 Å². The number of amidine groups is 2. The number of halogens is 1. The summed E-state index contributed by atoms with van der Waals surface area (Å²) >= 11 is 0. The van der Waals surface area contributed by atoms with Crippen molar-refractivity contribution in [3.8, 4) is 23.0 Å². The van der Waals surface area contributed by atoms with E-state index in [4.69, 9.17) is 41.2 Å². The summed E-state index contributed by atoms with van der Waals surface area (Å²) in [7, 11) is -1.12. The predicted molar refractivity (Wildman–Crippen MR) is 166 cm³/mol. The summed E-state index contributed by atoms with van der Waals surface area (Å²) in [6.45, 7) is 1.21. The minimum Gasteiger partial charge on any atom is -0.493 e. The van der Waals surface area contributed by atoms with E-state index in [1.165, 1.54) is 49.7 Å². The molecule has 0 radical (unpaired) electrons. The second kappa shape index (κ2) is 15.6. The lowest BCUT2D eigenvalue weighted by atomic mass is 10.2. The molecule has 43 heavy (non-hydrogen) atoms. The van der Waals surface area contributed by atoms with E-state index < -0.39 is 10.0 Å². The Morgan fingerprint density at radius 3 is 1.60 bits per heavy atom. The SMILES string of the molecule is COc1cc(C(=N)N)ccc1OCCN(CCOc1ccc(C(=N)N)cc1OC)S(=O)(=O)c1ccc(NC(C)=O)cc1.Cl. The van der Waals surface area contributed by atoms with E-state index in [1.54, 1.807) is 36.4 Å². The van der Waals surface area contributed by atoms with Gasteiger partial charge in [0.2, 0.25) is 15.9 Å². The molecule has 232 valence electrons. The van der Waals surface area contributed by atoms with Crippen LogP contribution in [0, 0.1) is 10.8 Å². The van der Waals surface area contributed by atoms with Gasteiger partial charge in [0.25, 0.3) is 0 Å². The Morgan fingerprint density at radius 1 is 0.791 bits per heavy atom. The molecule has 0 heterocycles. The molecule has 0 spiro atoms. The fourth-order valence-corrected chi connectivity index (χ4v) is 5.25. The summed E-state index contributed by atoms with van der Waals surface area (Å²) in [5.74, 6) is 0.853. The molecule has 0 aliphatic rings. The number of carbonyl (C=O) groups excluding carboxylic acids is 1. The molecule has 0 fully saturated rings. The molecule has 15 heteroatoms. The number of hydrogen-bond donors (Lipinski definition) is 5. The fourth-order valence-electron chi connectivity index (χ4n) is 3.84. The second-order valence-electron chi connectivity index (χ2n) is 8.87. The summed E-state index contributed by atoms with van der Waals surface area (Å²) in [6.07, 6.45) is 0. The molecule has 3 aromatic rings. The van der Waals surface area contributed by atoms with E-state index in [1.807, 2.05) is 0 Å². The van der Waals surface area contributed by atoms with Gasteiger partial charge in [-0.05, 0) is 60.7 Å². The Balaban J connectivity index is 0.00000645. The van der Waals surface area contributed by atoms with Crippen molar-refractivity contribution in [3.05, 3.63) is 71.8 Å². The highest BCUT2D eigenvalue weighted by Gasteiger charge is 2.25. The lowest BCUT2D eigenvalue weighted by molar-refractivity contribution is -0.114. The third-order valence-corrected chi connectivity index (χ3v) is 7.87. The number of nitrogens with one attached hydrogen (secondary N) is 3. The normalized spacial score (nSPS) is 10.8. The highest BCUT2D eigenvalue weighted by molar-refractivity contribution is 7.89. The van der Waals surface area contributed by atoms with Gasteiger partial charge < -0.3 is 35.7 Å². The second-order valence-corrected chi connectivity index (χ2v) is 10.8. The summed E-state index contributed by atoms with van der Waals surface area (Å²) in [5, 5.41) is 17.8. The van der Waals surface area contributed by atoms with Crippen LogP contribution in [0.25, 0.3) is 0 Å². The first-order chi connectivity index (χ1) is 20.0. The minimum atomic E-state index is -4.01. The smallest absolute Gasteiger partial charge is 0.243 e. The van der Waals surface area contributed by atoms with Gasteiger partial charge in [0, 0.05) is 36.8 Å². The molecular weight excluding hydrogens is 600 g/mol. The Labute approximate surface area is 256 Å². The van der Waals surface area contributed by atoms with Crippen molar-refractivity contribution < 1.29 is 32.2 Å². The Hall–Kier alpha value is -4.53. The van der Waals surface area contributed by atoms with E-state index in [-0.39, 0.29) is 61.2 Å². The van der Waals surface area contributed by atoms with Gasteiger partial charge in [-0.25, -0.2) is 8.42 Å². The van der Waals surface area contributed by atoms with Gasteiger partial charge in [-0.1, -0.05) is 0 Å². The van der Waals surface area contributed by atoms with Crippen molar-refractivity contribution in [2.24, 2.45) is 11.5 Å². The van der Waals surface area contributed by atoms with Crippen molar-refractivity contribution >= 4 is 45.7 Å². The third-order valence-electron chi connectivity index (χ3n) is 5.96. The Morgan fingerprint density at radius 2 is 1.23 bits per heavy atom. The first-order valence-corrected chi connectivity index (χ1v) is 14.1. The number of carbonyl (C=O) groups is 1. The van der Waals surface area contributed by atoms with Crippen LogP contribution in [0.4, 0.5) is 5.69 Å². The molecule has 0 aliphatic carbocycles. The van der Waals surface area contributed by atoms with Gasteiger partial charge in [-0.15, -0.1) is 12.4 Å². The van der Waals surface area contributed by atoms with Gasteiger partial charge in [0.15, 0.2) is 23.0 Å².